The van der Waals surface area contributed by atoms with Gasteiger partial charge >= 0.3 is 0 Å². The van der Waals surface area contributed by atoms with Crippen LogP contribution in [-0.2, 0) is 33.8 Å². The summed E-state index contributed by atoms with van der Waals surface area (Å²) >= 11 is 18.4. The van der Waals surface area contributed by atoms with Crippen molar-refractivity contribution in [1.82, 2.24) is 9.55 Å². The summed E-state index contributed by atoms with van der Waals surface area (Å²) in [6.45, 7) is 1.43. The molecular formula is C23H22Cl3FN2O3. The summed E-state index contributed by atoms with van der Waals surface area (Å²) in [4.78, 5) is 4.10. The quantitative estimate of drug-likeness (QED) is 0.365. The van der Waals surface area contributed by atoms with Crippen LogP contribution >= 0.6 is 34.8 Å². The van der Waals surface area contributed by atoms with Gasteiger partial charge in [0.1, 0.15) is 11.9 Å². The third-order valence-electron chi connectivity index (χ3n) is 5.26. The summed E-state index contributed by atoms with van der Waals surface area (Å²) in [6.07, 6.45) is 6.32. The molecule has 2 heterocycles. The number of hydrogen-bond acceptors (Lipinski definition) is 4. The van der Waals surface area contributed by atoms with Crippen LogP contribution in [0.5, 0.6) is 0 Å². The highest BCUT2D eigenvalue weighted by Crippen LogP contribution is 2.32. The van der Waals surface area contributed by atoms with Gasteiger partial charge in [-0.05, 0) is 36.2 Å². The van der Waals surface area contributed by atoms with Gasteiger partial charge in [0.2, 0.25) is 0 Å². The Balaban J connectivity index is 1.37. The van der Waals surface area contributed by atoms with Gasteiger partial charge in [-0.15, -0.1) is 0 Å². The van der Waals surface area contributed by atoms with Crippen molar-refractivity contribution in [2.45, 2.75) is 37.9 Å². The largest absolute Gasteiger partial charge is 0.374 e. The zero-order valence-electron chi connectivity index (χ0n) is 17.1. The zero-order valence-corrected chi connectivity index (χ0v) is 19.4. The fourth-order valence-corrected chi connectivity index (χ4v) is 4.56. The maximum Gasteiger partial charge on any atom is 0.187 e. The molecule has 5 nitrogen and oxygen atoms in total. The molecule has 0 radical (unpaired) electrons. The number of aromatic nitrogens is 2. The van der Waals surface area contributed by atoms with E-state index in [1.165, 1.54) is 12.1 Å². The molecule has 2 aromatic carbocycles. The van der Waals surface area contributed by atoms with E-state index >= 15 is 0 Å². The minimum absolute atomic E-state index is 0.235. The highest BCUT2D eigenvalue weighted by Gasteiger charge is 2.41. The molecule has 1 saturated heterocycles. The lowest BCUT2D eigenvalue weighted by atomic mass is 10.0. The predicted octanol–water partition coefficient (Wildman–Crippen LogP) is 5.94. The second-order valence-electron chi connectivity index (χ2n) is 7.69. The molecule has 170 valence electrons. The van der Waals surface area contributed by atoms with Crippen molar-refractivity contribution >= 4 is 34.8 Å². The van der Waals surface area contributed by atoms with Crippen molar-refractivity contribution in [2.75, 3.05) is 13.2 Å². The van der Waals surface area contributed by atoms with E-state index in [9.17, 15) is 4.39 Å². The van der Waals surface area contributed by atoms with Gasteiger partial charge in [0.15, 0.2) is 5.79 Å². The molecule has 1 aliphatic heterocycles. The first-order valence-corrected chi connectivity index (χ1v) is 11.3. The van der Waals surface area contributed by atoms with E-state index in [1.54, 1.807) is 36.8 Å². The third-order valence-corrected chi connectivity index (χ3v) is 6.15. The lowest BCUT2D eigenvalue weighted by Crippen LogP contribution is -2.37. The van der Waals surface area contributed by atoms with Crippen LogP contribution in [0.4, 0.5) is 4.39 Å². The van der Waals surface area contributed by atoms with Gasteiger partial charge < -0.3 is 18.8 Å². The van der Waals surface area contributed by atoms with Gasteiger partial charge in [0.05, 0.1) is 32.7 Å². The molecule has 0 saturated carbocycles. The monoisotopic (exact) mass is 498 g/mol. The Kier molecular flexibility index (Phi) is 7.71. The van der Waals surface area contributed by atoms with Gasteiger partial charge in [0, 0.05) is 39.4 Å². The number of hydrogen-bond donors (Lipinski definition) is 0. The summed E-state index contributed by atoms with van der Waals surface area (Å²) in [5, 5.41) is 1.39. The molecule has 0 spiro atoms. The number of rotatable bonds is 9. The summed E-state index contributed by atoms with van der Waals surface area (Å²) in [7, 11) is 0. The fraction of sp³-hybridized carbons (Fsp3) is 0.348. The molecule has 4 rings (SSSR count). The molecule has 0 aliphatic carbocycles. The Morgan fingerprint density at radius 3 is 2.59 bits per heavy atom. The molecule has 32 heavy (non-hydrogen) atoms. The van der Waals surface area contributed by atoms with Crippen LogP contribution in [0, 0.1) is 5.82 Å². The molecule has 9 heteroatoms. The zero-order chi connectivity index (χ0) is 22.6. The smallest absolute Gasteiger partial charge is 0.187 e. The minimum Gasteiger partial charge on any atom is -0.374 e. The van der Waals surface area contributed by atoms with E-state index in [0.29, 0.717) is 53.2 Å². The van der Waals surface area contributed by atoms with Crippen molar-refractivity contribution in [3.63, 3.8) is 0 Å². The van der Waals surface area contributed by atoms with Crippen molar-refractivity contribution in [3.05, 3.63) is 87.1 Å². The summed E-state index contributed by atoms with van der Waals surface area (Å²) in [5.74, 6) is -1.09. The lowest BCUT2D eigenvalue weighted by Gasteiger charge is -2.28. The number of ether oxygens (including phenoxy) is 3. The summed E-state index contributed by atoms with van der Waals surface area (Å²) in [6, 6.07) is 9.73. The second-order valence-corrected chi connectivity index (χ2v) is 8.94. The maximum absolute atomic E-state index is 13.2. The first-order chi connectivity index (χ1) is 15.4. The Morgan fingerprint density at radius 2 is 1.91 bits per heavy atom. The van der Waals surface area contributed by atoms with E-state index < -0.39 is 5.79 Å². The van der Waals surface area contributed by atoms with E-state index in [4.69, 9.17) is 49.0 Å². The SMILES string of the molecule is Fc1ccc(CCC2(Cn3ccnc3)OCC(COCc3c(Cl)cc(Cl)cc3Cl)O2)cc1. The van der Waals surface area contributed by atoms with Crippen LogP contribution in [0.25, 0.3) is 0 Å². The van der Waals surface area contributed by atoms with E-state index in [1.807, 2.05) is 10.8 Å². The predicted molar refractivity (Wildman–Crippen MR) is 122 cm³/mol. The second kappa shape index (κ2) is 10.5. The van der Waals surface area contributed by atoms with Crippen LogP contribution in [-0.4, -0.2) is 34.7 Å². The van der Waals surface area contributed by atoms with Crippen molar-refractivity contribution in [3.8, 4) is 0 Å². The number of imidazole rings is 1. The standard InChI is InChI=1S/C23H22Cl3FN2O3/c24-17-9-21(25)20(22(26)10-17)13-30-11-19-12-31-23(32-19,14-29-8-7-28-15-29)6-5-16-1-3-18(27)4-2-16/h1-4,7-10,15,19H,5-6,11-14H2. The van der Waals surface area contributed by atoms with Crippen molar-refractivity contribution in [1.29, 1.82) is 0 Å². The van der Waals surface area contributed by atoms with Crippen LogP contribution in [0.1, 0.15) is 17.5 Å². The van der Waals surface area contributed by atoms with Crippen molar-refractivity contribution < 1.29 is 18.6 Å². The van der Waals surface area contributed by atoms with E-state index in [0.717, 1.165) is 5.56 Å². The van der Waals surface area contributed by atoms with Crippen LogP contribution in [0.15, 0.2) is 55.1 Å². The van der Waals surface area contributed by atoms with Crippen LogP contribution in [0.3, 0.4) is 0 Å². The molecule has 2 atom stereocenters. The maximum atomic E-state index is 13.2. The Hall–Kier alpha value is -1.67. The highest BCUT2D eigenvalue weighted by atomic mass is 35.5. The minimum atomic E-state index is -0.835. The Labute approximate surface area is 201 Å². The Bertz CT molecular complexity index is 1010. The van der Waals surface area contributed by atoms with Crippen molar-refractivity contribution in [2.24, 2.45) is 0 Å². The molecule has 0 amide bonds. The summed E-state index contributed by atoms with van der Waals surface area (Å²) < 4.78 is 33.4. The van der Waals surface area contributed by atoms with E-state index in [2.05, 4.69) is 4.98 Å². The number of nitrogens with zero attached hydrogens (tertiary/aromatic N) is 2. The van der Waals surface area contributed by atoms with Gasteiger partial charge in [-0.3, -0.25) is 0 Å². The van der Waals surface area contributed by atoms with E-state index in [-0.39, 0.29) is 18.5 Å². The number of aryl methyl sites for hydroxylation is 1. The van der Waals surface area contributed by atoms with Crippen LogP contribution < -0.4 is 0 Å². The summed E-state index contributed by atoms with van der Waals surface area (Å²) in [5.41, 5.74) is 1.69. The third kappa shape index (κ3) is 6.01. The molecule has 3 aromatic rings. The number of benzene rings is 2. The average molecular weight is 500 g/mol. The first kappa shape index (κ1) is 23.5. The van der Waals surface area contributed by atoms with Crippen LogP contribution in [0.2, 0.25) is 15.1 Å². The van der Waals surface area contributed by atoms with Gasteiger partial charge in [-0.1, -0.05) is 46.9 Å². The molecule has 1 fully saturated rings. The molecule has 1 aromatic heterocycles. The highest BCUT2D eigenvalue weighted by molar-refractivity contribution is 6.39. The van der Waals surface area contributed by atoms with Gasteiger partial charge in [0.25, 0.3) is 0 Å². The lowest BCUT2D eigenvalue weighted by molar-refractivity contribution is -0.187. The van der Waals surface area contributed by atoms with Gasteiger partial charge in [-0.2, -0.15) is 0 Å². The topological polar surface area (TPSA) is 45.5 Å². The molecule has 0 bridgehead atoms. The molecule has 0 N–H and O–H groups in total. The Morgan fingerprint density at radius 1 is 1.16 bits per heavy atom. The molecular weight excluding hydrogens is 478 g/mol. The fourth-order valence-electron chi connectivity index (χ4n) is 3.64. The molecule has 2 unspecified atom stereocenters. The molecule has 1 aliphatic rings. The number of halogens is 4. The van der Waals surface area contributed by atoms with Gasteiger partial charge in [-0.25, -0.2) is 9.37 Å². The normalized spacial score (nSPS) is 20.7. The first-order valence-electron chi connectivity index (χ1n) is 10.2. The average Bonchev–Trinajstić information content (AvgIpc) is 3.40.